The number of alkyl carbamates (subject to hydrolysis) is 1. The Labute approximate surface area is 240 Å². The molecule has 3 N–H and O–H groups in total. The van der Waals surface area contributed by atoms with E-state index in [4.69, 9.17) is 21.1 Å². The van der Waals surface area contributed by atoms with E-state index in [-0.39, 0.29) is 41.1 Å². The summed E-state index contributed by atoms with van der Waals surface area (Å²) in [6.07, 6.45) is 1.15. The van der Waals surface area contributed by atoms with Gasteiger partial charge in [-0.1, -0.05) is 41.9 Å². The average Bonchev–Trinajstić information content (AvgIpc) is 2.91. The summed E-state index contributed by atoms with van der Waals surface area (Å²) in [6.45, 7) is 0.267. The lowest BCUT2D eigenvalue weighted by atomic mass is 9.39. The second kappa shape index (κ2) is 9.90. The number of rotatable bonds is 6. The Morgan fingerprint density at radius 3 is 2.61 bits per heavy atom. The molecule has 0 radical (unpaired) electrons. The molecule has 41 heavy (non-hydrogen) atoms. The second-order valence-electron chi connectivity index (χ2n) is 11.6. The highest BCUT2D eigenvalue weighted by Crippen LogP contribution is 2.67. The molecule has 2 aromatic rings. The predicted octanol–water partition coefficient (Wildman–Crippen LogP) is 3.87. The van der Waals surface area contributed by atoms with Gasteiger partial charge < -0.3 is 25.0 Å². The van der Waals surface area contributed by atoms with Crippen LogP contribution in [0.2, 0.25) is 5.02 Å². The molecule has 216 valence electrons. The Morgan fingerprint density at radius 1 is 1.17 bits per heavy atom. The second-order valence-corrected chi connectivity index (χ2v) is 12.0. The molecule has 3 saturated carbocycles. The van der Waals surface area contributed by atoms with E-state index >= 15 is 4.39 Å². The van der Waals surface area contributed by atoms with Crippen molar-refractivity contribution in [3.8, 4) is 0 Å². The first kappa shape index (κ1) is 27.3. The number of benzene rings is 2. The van der Waals surface area contributed by atoms with Crippen LogP contribution in [0.25, 0.3) is 0 Å². The summed E-state index contributed by atoms with van der Waals surface area (Å²) >= 11 is 6.09. The van der Waals surface area contributed by atoms with Crippen molar-refractivity contribution in [3.05, 3.63) is 64.4 Å². The number of hydrogen-bond acceptors (Lipinski definition) is 6. The lowest BCUT2D eigenvalue weighted by molar-refractivity contribution is -0.180. The van der Waals surface area contributed by atoms with Crippen LogP contribution in [-0.2, 0) is 31.1 Å². The summed E-state index contributed by atoms with van der Waals surface area (Å²) in [6, 6.07) is 11.3. The molecular weight excluding hydrogens is 555 g/mol. The van der Waals surface area contributed by atoms with Gasteiger partial charge in [0.15, 0.2) is 11.4 Å². The van der Waals surface area contributed by atoms with Crippen molar-refractivity contribution in [2.75, 3.05) is 25.5 Å². The highest BCUT2D eigenvalue weighted by atomic mass is 35.5. The molecule has 2 atom stereocenters. The monoisotopic (exact) mass is 584 g/mol. The van der Waals surface area contributed by atoms with Crippen LogP contribution < -0.4 is 16.0 Å². The fourth-order valence-electron chi connectivity index (χ4n) is 6.97. The van der Waals surface area contributed by atoms with Gasteiger partial charge in [0.05, 0.1) is 35.3 Å². The number of carbonyl (C=O) groups excluding carboxylic acids is 4. The Kier molecular flexibility index (Phi) is 6.60. The van der Waals surface area contributed by atoms with Gasteiger partial charge in [-0.05, 0) is 49.8 Å². The van der Waals surface area contributed by atoms with E-state index in [2.05, 4.69) is 16.0 Å². The molecule has 10 nitrogen and oxygen atoms in total. The van der Waals surface area contributed by atoms with Gasteiger partial charge in [-0.15, -0.1) is 0 Å². The molecule has 2 bridgehead atoms. The molecule has 2 aliphatic heterocycles. The van der Waals surface area contributed by atoms with Gasteiger partial charge in [0, 0.05) is 18.5 Å². The summed E-state index contributed by atoms with van der Waals surface area (Å²) in [7, 11) is 1.29. The zero-order valence-corrected chi connectivity index (χ0v) is 23.2. The molecule has 4 amide bonds. The molecular formula is C29H30ClFN4O6. The van der Waals surface area contributed by atoms with Crippen LogP contribution in [0.5, 0.6) is 0 Å². The van der Waals surface area contributed by atoms with Crippen LogP contribution in [0.3, 0.4) is 0 Å². The highest BCUT2D eigenvalue weighted by molar-refractivity contribution is 6.31. The van der Waals surface area contributed by atoms with Crippen molar-refractivity contribution in [1.82, 2.24) is 15.5 Å². The van der Waals surface area contributed by atoms with Crippen molar-refractivity contribution >= 4 is 41.3 Å². The molecule has 1 spiro atoms. The number of nitrogens with one attached hydrogen (secondary N) is 3. The van der Waals surface area contributed by atoms with Gasteiger partial charge in [0.25, 0.3) is 0 Å². The third kappa shape index (κ3) is 4.65. The van der Waals surface area contributed by atoms with E-state index in [9.17, 15) is 19.2 Å². The molecule has 12 heteroatoms. The van der Waals surface area contributed by atoms with Crippen molar-refractivity contribution in [1.29, 1.82) is 0 Å². The van der Waals surface area contributed by atoms with Gasteiger partial charge in [-0.25, -0.2) is 14.0 Å². The Hall–Kier alpha value is -3.86. The van der Waals surface area contributed by atoms with Gasteiger partial charge in [0.1, 0.15) is 6.04 Å². The summed E-state index contributed by atoms with van der Waals surface area (Å²) in [4.78, 5) is 53.2. The number of methoxy groups -OCH3 is 1. The molecule has 4 fully saturated rings. The van der Waals surface area contributed by atoms with Crippen molar-refractivity contribution in [2.24, 2.45) is 5.41 Å². The van der Waals surface area contributed by atoms with Crippen LogP contribution in [0.1, 0.15) is 43.2 Å². The number of ether oxygens (including phenoxy) is 2. The van der Waals surface area contributed by atoms with Gasteiger partial charge in [-0.2, -0.15) is 0 Å². The lowest BCUT2D eigenvalue weighted by Gasteiger charge is -2.68. The van der Waals surface area contributed by atoms with E-state index in [1.54, 1.807) is 0 Å². The number of anilines is 1. The maximum Gasteiger partial charge on any atom is 0.412 e. The Bertz CT molecular complexity index is 1420. The first-order chi connectivity index (χ1) is 19.6. The quantitative estimate of drug-likeness (QED) is 0.473. The SMILES string of the molecule is COC(=O)NC12CC(C(=O)N[C@@H](Cc3ccccc3)C(=O)N3CCC[C@@]4(C3)OC(=O)Nc3ccc(Cl)c(F)c34)(C1)C2. The van der Waals surface area contributed by atoms with E-state index in [0.717, 1.165) is 5.56 Å². The minimum absolute atomic E-state index is 0.0814. The number of piperidine rings is 1. The number of amides is 4. The van der Waals surface area contributed by atoms with Crippen LogP contribution >= 0.6 is 11.6 Å². The Balaban J connectivity index is 1.23. The third-order valence-electron chi connectivity index (χ3n) is 8.79. The number of nitrogens with zero attached hydrogens (tertiary/aromatic N) is 1. The zero-order chi connectivity index (χ0) is 29.0. The molecule has 5 aliphatic rings. The maximum atomic E-state index is 15.3. The lowest BCUT2D eigenvalue weighted by Crippen LogP contribution is -2.78. The normalized spacial score (nSPS) is 28.2. The summed E-state index contributed by atoms with van der Waals surface area (Å²) < 4.78 is 25.7. The summed E-state index contributed by atoms with van der Waals surface area (Å²) in [5.74, 6) is -1.30. The number of carbonyl (C=O) groups is 4. The van der Waals surface area contributed by atoms with Crippen LogP contribution in [0.4, 0.5) is 19.7 Å². The predicted molar refractivity (Wildman–Crippen MR) is 146 cm³/mol. The Morgan fingerprint density at radius 2 is 1.90 bits per heavy atom. The smallest absolute Gasteiger partial charge is 0.412 e. The largest absolute Gasteiger partial charge is 0.453 e. The standard InChI is InChI=1S/C29H30ClFN4O6/c1-40-26(39)34-28-13-27(14-28,15-28)24(37)32-20(12-17-6-3-2-4-7-17)23(36)35-11-5-10-29(16-35)21-19(33-25(38)41-29)9-8-18(30)22(21)31/h2-4,6-9,20H,5,10-16H2,1H3,(H,32,37)(H,33,38)(H,34,39)/t20-,27?,28?,29-/m0/s1. The minimum atomic E-state index is -1.42. The van der Waals surface area contributed by atoms with Crippen molar-refractivity contribution in [3.63, 3.8) is 0 Å². The summed E-state index contributed by atoms with van der Waals surface area (Å²) in [5, 5.41) is 8.19. The minimum Gasteiger partial charge on any atom is -0.453 e. The van der Waals surface area contributed by atoms with Crippen molar-refractivity contribution < 1.29 is 33.0 Å². The first-order valence-electron chi connectivity index (χ1n) is 13.6. The fraction of sp³-hybridized carbons (Fsp3) is 0.448. The molecule has 0 unspecified atom stereocenters. The van der Waals surface area contributed by atoms with E-state index < -0.39 is 40.6 Å². The first-order valence-corrected chi connectivity index (χ1v) is 13.9. The number of hydrogen-bond donors (Lipinski definition) is 3. The third-order valence-corrected chi connectivity index (χ3v) is 9.08. The topological polar surface area (TPSA) is 126 Å². The van der Waals surface area contributed by atoms with Crippen molar-refractivity contribution in [2.45, 2.75) is 55.7 Å². The van der Waals surface area contributed by atoms with Crippen LogP contribution in [-0.4, -0.2) is 60.7 Å². The summed E-state index contributed by atoms with van der Waals surface area (Å²) in [5.41, 5.74) is -1.28. The molecule has 0 aromatic heterocycles. The molecule has 2 heterocycles. The molecule has 1 saturated heterocycles. The fourth-order valence-corrected chi connectivity index (χ4v) is 7.13. The molecule has 2 aromatic carbocycles. The van der Waals surface area contributed by atoms with E-state index in [1.165, 1.54) is 24.1 Å². The van der Waals surface area contributed by atoms with Gasteiger partial charge >= 0.3 is 12.2 Å². The average molecular weight is 585 g/mol. The highest BCUT2D eigenvalue weighted by Gasteiger charge is 2.72. The van der Waals surface area contributed by atoms with Crippen LogP contribution in [0, 0.1) is 11.2 Å². The van der Waals surface area contributed by atoms with Gasteiger partial charge in [-0.3, -0.25) is 14.9 Å². The van der Waals surface area contributed by atoms with E-state index in [0.29, 0.717) is 38.6 Å². The molecule has 3 aliphatic carbocycles. The van der Waals surface area contributed by atoms with Crippen LogP contribution in [0.15, 0.2) is 42.5 Å². The van der Waals surface area contributed by atoms with E-state index in [1.807, 2.05) is 30.3 Å². The number of likely N-dealkylation sites (tertiary alicyclic amines) is 1. The molecule has 7 rings (SSSR count). The number of halogens is 2. The van der Waals surface area contributed by atoms with Gasteiger partial charge in [0.2, 0.25) is 11.8 Å². The maximum absolute atomic E-state index is 15.3. The number of fused-ring (bicyclic) bond motifs is 2. The zero-order valence-electron chi connectivity index (χ0n) is 22.4.